The number of nitrogens with zero attached hydrogens (tertiary/aromatic N) is 1. The molecule has 0 unspecified atom stereocenters. The van der Waals surface area contributed by atoms with Gasteiger partial charge in [0.25, 0.3) is 11.8 Å². The Bertz CT molecular complexity index is 406. The van der Waals surface area contributed by atoms with Crippen molar-refractivity contribution in [3.8, 4) is 0 Å². The summed E-state index contributed by atoms with van der Waals surface area (Å²) in [5, 5.41) is 5.66. The van der Waals surface area contributed by atoms with Crippen LogP contribution in [0.1, 0.15) is 27.4 Å². The highest BCUT2D eigenvalue weighted by Gasteiger charge is 2.09. The van der Waals surface area contributed by atoms with Gasteiger partial charge >= 0.3 is 0 Å². The van der Waals surface area contributed by atoms with Crippen LogP contribution in [0.3, 0.4) is 0 Å². The maximum absolute atomic E-state index is 11.6. The Labute approximate surface area is 99.6 Å². The van der Waals surface area contributed by atoms with E-state index in [1.807, 2.05) is 7.05 Å². The Balaban J connectivity index is 2.56. The molecule has 1 radical (unpaired) electrons. The molecule has 0 aliphatic carbocycles. The molecule has 0 spiro atoms. The average Bonchev–Trinajstić information content (AvgIpc) is 2.34. The van der Waals surface area contributed by atoms with Crippen LogP contribution in [0.5, 0.6) is 0 Å². The number of hydrogen-bond acceptors (Lipinski definition) is 4. The highest BCUT2D eigenvalue weighted by Crippen LogP contribution is 1.98. The van der Waals surface area contributed by atoms with E-state index in [0.717, 1.165) is 13.0 Å². The minimum atomic E-state index is -0.699. The van der Waals surface area contributed by atoms with E-state index in [1.54, 1.807) is 0 Å². The van der Waals surface area contributed by atoms with Gasteiger partial charge in [-0.05, 0) is 32.1 Å². The summed E-state index contributed by atoms with van der Waals surface area (Å²) < 4.78 is 0. The summed E-state index contributed by atoms with van der Waals surface area (Å²) in [5.41, 5.74) is 5.18. The third kappa shape index (κ3) is 4.20. The number of pyridine rings is 1. The van der Waals surface area contributed by atoms with Crippen molar-refractivity contribution >= 4 is 11.8 Å². The number of nitrogens with one attached hydrogen (secondary N) is 2. The molecule has 0 bridgehead atoms. The summed E-state index contributed by atoms with van der Waals surface area (Å²) in [5.74, 6) is -1.02. The van der Waals surface area contributed by atoms with Crippen molar-refractivity contribution < 1.29 is 9.59 Å². The molecule has 0 aliphatic rings. The van der Waals surface area contributed by atoms with Crippen molar-refractivity contribution in [1.82, 2.24) is 15.6 Å². The van der Waals surface area contributed by atoms with E-state index in [4.69, 9.17) is 5.73 Å². The monoisotopic (exact) mass is 235 g/mol. The fraction of sp³-hybridized carbons (Fsp3) is 0.364. The van der Waals surface area contributed by atoms with Crippen LogP contribution in [0.15, 0.2) is 12.1 Å². The molecule has 0 saturated carbocycles. The van der Waals surface area contributed by atoms with Crippen LogP contribution in [-0.2, 0) is 0 Å². The average molecular weight is 235 g/mol. The first-order chi connectivity index (χ1) is 8.15. The maximum atomic E-state index is 11.6. The molecule has 6 heteroatoms. The van der Waals surface area contributed by atoms with E-state index in [-0.39, 0.29) is 17.3 Å². The number of rotatable bonds is 6. The minimum Gasteiger partial charge on any atom is -0.364 e. The van der Waals surface area contributed by atoms with Crippen molar-refractivity contribution in [1.29, 1.82) is 0 Å². The maximum Gasteiger partial charge on any atom is 0.269 e. The summed E-state index contributed by atoms with van der Waals surface area (Å²) in [7, 11) is 1.84. The van der Waals surface area contributed by atoms with Gasteiger partial charge in [0.2, 0.25) is 0 Å². The number of aromatic nitrogens is 1. The molecule has 1 aromatic heterocycles. The van der Waals surface area contributed by atoms with Crippen molar-refractivity contribution in [2.24, 2.45) is 5.73 Å². The summed E-state index contributed by atoms with van der Waals surface area (Å²) in [6, 6.07) is 5.50. The fourth-order valence-electron chi connectivity index (χ4n) is 1.20. The Hall–Kier alpha value is -1.95. The van der Waals surface area contributed by atoms with Gasteiger partial charge in [-0.1, -0.05) is 0 Å². The molecule has 4 N–H and O–H groups in total. The molecule has 1 rings (SSSR count). The fourth-order valence-corrected chi connectivity index (χ4v) is 1.20. The minimum absolute atomic E-state index is 0.0344. The van der Waals surface area contributed by atoms with Crippen molar-refractivity contribution in [2.75, 3.05) is 20.1 Å². The Morgan fingerprint density at radius 1 is 1.47 bits per heavy atom. The molecule has 0 aromatic carbocycles. The summed E-state index contributed by atoms with van der Waals surface area (Å²) in [6.07, 6.45) is 0.823. The molecule has 0 fully saturated rings. The SMILES string of the molecule is CNCCCNC(=O)c1cc[c]c(C(N)=O)n1. The molecule has 1 heterocycles. The predicted octanol–water partition coefficient (Wildman–Crippen LogP) is -0.680. The summed E-state index contributed by atoms with van der Waals surface area (Å²) >= 11 is 0. The van der Waals surface area contributed by atoms with E-state index in [9.17, 15) is 9.59 Å². The normalized spacial score (nSPS) is 9.94. The number of nitrogens with two attached hydrogens (primary N) is 1. The van der Waals surface area contributed by atoms with E-state index in [0.29, 0.717) is 6.54 Å². The summed E-state index contributed by atoms with van der Waals surface area (Å²) in [4.78, 5) is 26.3. The quantitative estimate of drug-likeness (QED) is 0.569. The van der Waals surface area contributed by atoms with E-state index in [2.05, 4.69) is 21.7 Å². The third-order valence-corrected chi connectivity index (χ3v) is 2.05. The lowest BCUT2D eigenvalue weighted by atomic mass is 10.2. The van der Waals surface area contributed by atoms with E-state index < -0.39 is 5.91 Å². The van der Waals surface area contributed by atoms with E-state index >= 15 is 0 Å². The van der Waals surface area contributed by atoms with Gasteiger partial charge in [-0.3, -0.25) is 9.59 Å². The third-order valence-electron chi connectivity index (χ3n) is 2.05. The Morgan fingerprint density at radius 2 is 2.24 bits per heavy atom. The second-order valence-electron chi connectivity index (χ2n) is 3.40. The smallest absolute Gasteiger partial charge is 0.269 e. The molecule has 0 atom stereocenters. The van der Waals surface area contributed by atoms with Crippen LogP contribution in [0.2, 0.25) is 0 Å². The van der Waals surface area contributed by atoms with Crippen LogP contribution in [0.25, 0.3) is 0 Å². The van der Waals surface area contributed by atoms with Crippen molar-refractivity contribution in [2.45, 2.75) is 6.42 Å². The van der Waals surface area contributed by atoms with E-state index in [1.165, 1.54) is 12.1 Å². The van der Waals surface area contributed by atoms with Crippen LogP contribution in [0, 0.1) is 6.07 Å². The lowest BCUT2D eigenvalue weighted by Gasteiger charge is -2.04. The van der Waals surface area contributed by atoms with Crippen LogP contribution < -0.4 is 16.4 Å². The van der Waals surface area contributed by atoms with Crippen LogP contribution in [-0.4, -0.2) is 36.9 Å². The first-order valence-electron chi connectivity index (χ1n) is 5.26. The predicted molar refractivity (Wildman–Crippen MR) is 62.5 cm³/mol. The van der Waals surface area contributed by atoms with Gasteiger partial charge in [0.1, 0.15) is 11.4 Å². The molecule has 1 aromatic rings. The second-order valence-corrected chi connectivity index (χ2v) is 3.40. The molecule has 0 saturated heterocycles. The number of hydrogen-bond donors (Lipinski definition) is 3. The number of primary amides is 1. The van der Waals surface area contributed by atoms with Gasteiger partial charge < -0.3 is 16.4 Å². The molecule has 6 nitrogen and oxygen atoms in total. The van der Waals surface area contributed by atoms with Gasteiger partial charge in [-0.15, -0.1) is 0 Å². The second kappa shape index (κ2) is 6.59. The Kier molecular flexibility index (Phi) is 5.09. The molecule has 17 heavy (non-hydrogen) atoms. The van der Waals surface area contributed by atoms with Crippen molar-refractivity contribution in [3.05, 3.63) is 29.6 Å². The zero-order chi connectivity index (χ0) is 12.7. The van der Waals surface area contributed by atoms with Gasteiger partial charge in [-0.2, -0.15) is 0 Å². The number of amides is 2. The van der Waals surface area contributed by atoms with Crippen LogP contribution in [0.4, 0.5) is 0 Å². The number of carbonyl (C=O) groups excluding carboxylic acids is 2. The molecular weight excluding hydrogens is 220 g/mol. The van der Waals surface area contributed by atoms with Gasteiger partial charge in [0, 0.05) is 12.6 Å². The summed E-state index contributed by atoms with van der Waals surface area (Å²) in [6.45, 7) is 1.37. The lowest BCUT2D eigenvalue weighted by molar-refractivity contribution is 0.0948. The highest BCUT2D eigenvalue weighted by molar-refractivity contribution is 5.95. The molecule has 2 amide bonds. The van der Waals surface area contributed by atoms with Gasteiger partial charge in [-0.25, -0.2) is 4.98 Å². The standard InChI is InChI=1S/C11H15N4O2/c1-13-6-3-7-14-11(17)9-5-2-4-8(15-9)10(12)16/h2,5,13H,3,6-7H2,1H3,(H2,12,16)(H,14,17). The topological polar surface area (TPSA) is 97.1 Å². The molecule has 91 valence electrons. The lowest BCUT2D eigenvalue weighted by Crippen LogP contribution is -2.28. The Morgan fingerprint density at radius 3 is 2.88 bits per heavy atom. The molecule has 0 aliphatic heterocycles. The highest BCUT2D eigenvalue weighted by atomic mass is 16.2. The zero-order valence-electron chi connectivity index (χ0n) is 9.62. The van der Waals surface area contributed by atoms with Crippen molar-refractivity contribution in [3.63, 3.8) is 0 Å². The molecular formula is C11H15N4O2. The first-order valence-corrected chi connectivity index (χ1v) is 5.26. The number of carbonyl (C=O) groups is 2. The largest absolute Gasteiger partial charge is 0.364 e. The van der Waals surface area contributed by atoms with Gasteiger partial charge in [0.05, 0.1) is 0 Å². The van der Waals surface area contributed by atoms with Crippen LogP contribution >= 0.6 is 0 Å². The van der Waals surface area contributed by atoms with Gasteiger partial charge in [0.15, 0.2) is 0 Å². The zero-order valence-corrected chi connectivity index (χ0v) is 9.62. The first kappa shape index (κ1) is 13.1.